The smallest absolute Gasteiger partial charge is 0.319 e. The number of thioether (sulfide) groups is 1. The van der Waals surface area contributed by atoms with Crippen molar-refractivity contribution in [3.8, 4) is 0 Å². The maximum absolute atomic E-state index is 10.9. The molecule has 138 valence electrons. The minimum absolute atomic E-state index is 0.412. The van der Waals surface area contributed by atoms with E-state index >= 15 is 0 Å². The van der Waals surface area contributed by atoms with Crippen LogP contribution in [0.15, 0.2) is 0 Å². The highest BCUT2D eigenvalue weighted by atomic mass is 33.1. The molecule has 0 unspecified atom stereocenters. The van der Waals surface area contributed by atoms with Crippen LogP contribution in [0, 0.1) is 0 Å². The van der Waals surface area contributed by atoms with E-state index in [0.717, 1.165) is 5.75 Å². The fraction of sp³-hybridized carbons (Fsp3) is 0.941. The second-order valence-corrected chi connectivity index (χ2v) is 9.94. The molecular formula is C17H34O3S3. The molecule has 0 fully saturated rings. The minimum atomic E-state index is -0.797. The summed E-state index contributed by atoms with van der Waals surface area (Å²) in [6, 6.07) is 0. The first-order chi connectivity index (χ1) is 11.0. The number of hydrogen-bond acceptors (Lipinski definition) is 5. The van der Waals surface area contributed by atoms with Crippen LogP contribution in [0.5, 0.6) is 0 Å². The van der Waals surface area contributed by atoms with Crippen molar-refractivity contribution in [2.75, 3.05) is 11.7 Å². The third-order valence-electron chi connectivity index (χ3n) is 3.66. The van der Waals surface area contributed by atoms with Gasteiger partial charge in [0.2, 0.25) is 0 Å². The van der Waals surface area contributed by atoms with Gasteiger partial charge in [0.15, 0.2) is 0 Å². The summed E-state index contributed by atoms with van der Waals surface area (Å²) < 4.78 is 4.61. The van der Waals surface area contributed by atoms with Crippen LogP contribution in [0.2, 0.25) is 0 Å². The molecular weight excluding hydrogens is 348 g/mol. The largest absolute Gasteiger partial charge is 0.480 e. The molecule has 0 spiro atoms. The molecule has 0 saturated heterocycles. The van der Waals surface area contributed by atoms with E-state index in [0.29, 0.717) is 5.94 Å². The molecule has 0 heterocycles. The first kappa shape index (κ1) is 23.5. The van der Waals surface area contributed by atoms with Gasteiger partial charge in [0.05, 0.1) is 11.1 Å². The zero-order valence-corrected chi connectivity index (χ0v) is 17.4. The van der Waals surface area contributed by atoms with E-state index in [1.807, 2.05) is 0 Å². The Morgan fingerprint density at radius 1 is 0.957 bits per heavy atom. The van der Waals surface area contributed by atoms with E-state index in [1.54, 1.807) is 24.6 Å². The van der Waals surface area contributed by atoms with Crippen LogP contribution in [-0.2, 0) is 8.98 Å². The second kappa shape index (κ2) is 16.0. The lowest BCUT2D eigenvalue weighted by atomic mass is 10.1. The summed E-state index contributed by atoms with van der Waals surface area (Å²) in [4.78, 5) is 10.9. The van der Waals surface area contributed by atoms with Crippen molar-refractivity contribution in [1.82, 2.24) is 0 Å². The molecule has 0 aromatic rings. The zero-order valence-electron chi connectivity index (χ0n) is 15.0. The third kappa shape index (κ3) is 15.7. The topological polar surface area (TPSA) is 46.5 Å². The van der Waals surface area contributed by atoms with Gasteiger partial charge in [-0.05, 0) is 20.3 Å². The van der Waals surface area contributed by atoms with Gasteiger partial charge >= 0.3 is 5.97 Å². The molecule has 0 aliphatic heterocycles. The normalized spacial score (nSPS) is 11.8. The number of unbranched alkanes of at least 4 members (excludes halogenated alkanes) is 9. The Hall–Kier alpha value is 0.480. The Morgan fingerprint density at radius 3 is 2.00 bits per heavy atom. The lowest BCUT2D eigenvalue weighted by molar-refractivity contribution is -0.138. The number of carbonyl (C=O) groups is 1. The Kier molecular flexibility index (Phi) is 16.3. The highest BCUT2D eigenvalue weighted by Crippen LogP contribution is 2.30. The van der Waals surface area contributed by atoms with Crippen molar-refractivity contribution in [2.45, 2.75) is 89.7 Å². The molecule has 0 rings (SSSR count). The van der Waals surface area contributed by atoms with Crippen molar-refractivity contribution >= 4 is 39.6 Å². The quantitative estimate of drug-likeness (QED) is 0.129. The molecule has 0 aromatic heterocycles. The summed E-state index contributed by atoms with van der Waals surface area (Å²) >= 11 is 2.70. The van der Waals surface area contributed by atoms with Gasteiger partial charge in [-0.3, -0.25) is 8.98 Å². The summed E-state index contributed by atoms with van der Waals surface area (Å²) in [5.74, 6) is 0.720. The predicted octanol–water partition coefficient (Wildman–Crippen LogP) is 6.77. The van der Waals surface area contributed by atoms with Crippen LogP contribution >= 0.6 is 33.6 Å². The molecule has 1 N–H and O–H groups in total. The van der Waals surface area contributed by atoms with E-state index in [9.17, 15) is 4.79 Å². The van der Waals surface area contributed by atoms with Crippen LogP contribution in [0.25, 0.3) is 0 Å². The average molecular weight is 383 g/mol. The molecule has 23 heavy (non-hydrogen) atoms. The minimum Gasteiger partial charge on any atom is -0.480 e. The van der Waals surface area contributed by atoms with Crippen molar-refractivity contribution in [3.63, 3.8) is 0 Å². The fourth-order valence-electron chi connectivity index (χ4n) is 1.97. The molecule has 0 aromatic carbocycles. The van der Waals surface area contributed by atoms with Crippen LogP contribution in [0.1, 0.15) is 85.0 Å². The van der Waals surface area contributed by atoms with Crippen molar-refractivity contribution < 1.29 is 14.1 Å². The first-order valence-electron chi connectivity index (χ1n) is 8.79. The Balaban J connectivity index is 3.15. The Morgan fingerprint density at radius 2 is 1.48 bits per heavy atom. The molecule has 0 amide bonds. The molecule has 6 heteroatoms. The fourth-order valence-corrected chi connectivity index (χ4v) is 4.31. The summed E-state index contributed by atoms with van der Waals surface area (Å²) in [7, 11) is 1.72. The van der Waals surface area contributed by atoms with Gasteiger partial charge in [-0.25, -0.2) is 0 Å². The summed E-state index contributed by atoms with van der Waals surface area (Å²) in [6.45, 7) is 5.66. The van der Waals surface area contributed by atoms with Gasteiger partial charge in [0.25, 0.3) is 0 Å². The van der Waals surface area contributed by atoms with Gasteiger partial charge in [-0.15, -0.1) is 11.8 Å². The van der Waals surface area contributed by atoms with Gasteiger partial charge in [0.1, 0.15) is 10.7 Å². The summed E-state index contributed by atoms with van der Waals surface area (Å²) in [5.41, 5.74) is 0. The van der Waals surface area contributed by atoms with E-state index < -0.39 is 10.7 Å². The molecule has 0 radical (unpaired) electrons. The maximum atomic E-state index is 10.9. The SMILES string of the molecule is CCCCCCCCCCCCSSOCSC(C)(C)C(=O)O. The van der Waals surface area contributed by atoms with Gasteiger partial charge in [0, 0.05) is 5.75 Å². The van der Waals surface area contributed by atoms with Gasteiger partial charge < -0.3 is 5.11 Å². The molecule has 0 saturated carbocycles. The van der Waals surface area contributed by atoms with Crippen molar-refractivity contribution in [1.29, 1.82) is 0 Å². The Labute approximate surface area is 155 Å². The van der Waals surface area contributed by atoms with Gasteiger partial charge in [-0.1, -0.05) is 75.5 Å². The van der Waals surface area contributed by atoms with E-state index in [1.165, 1.54) is 87.0 Å². The number of carboxylic acid groups (broad SMARTS) is 1. The lowest BCUT2D eigenvalue weighted by Gasteiger charge is -2.17. The number of rotatable bonds is 17. The number of aliphatic carboxylic acids is 1. The maximum Gasteiger partial charge on any atom is 0.319 e. The molecule has 0 aliphatic rings. The standard InChI is InChI=1S/C17H34O3S3/c1-4-5-6-7-8-9-10-11-12-13-14-22-23-20-15-21-17(2,3)16(18)19/h4-15H2,1-3H3,(H,18,19). The van der Waals surface area contributed by atoms with E-state index in [2.05, 4.69) is 6.92 Å². The van der Waals surface area contributed by atoms with Gasteiger partial charge in [-0.2, -0.15) is 0 Å². The number of hydrogen-bond donors (Lipinski definition) is 1. The Bertz CT molecular complexity index is 286. The molecule has 0 aliphatic carbocycles. The van der Waals surface area contributed by atoms with E-state index in [4.69, 9.17) is 9.29 Å². The second-order valence-electron chi connectivity index (χ2n) is 6.27. The molecule has 0 atom stereocenters. The number of carboxylic acids is 1. The molecule has 3 nitrogen and oxygen atoms in total. The van der Waals surface area contributed by atoms with Crippen LogP contribution in [-0.4, -0.2) is 27.5 Å². The van der Waals surface area contributed by atoms with Crippen molar-refractivity contribution in [3.05, 3.63) is 0 Å². The monoisotopic (exact) mass is 382 g/mol. The van der Waals surface area contributed by atoms with Crippen molar-refractivity contribution in [2.24, 2.45) is 0 Å². The summed E-state index contributed by atoms with van der Waals surface area (Å²) in [5, 5.41) is 8.97. The first-order valence-corrected chi connectivity index (χ1v) is 12.0. The third-order valence-corrected chi connectivity index (χ3v) is 6.78. The van der Waals surface area contributed by atoms with E-state index in [-0.39, 0.29) is 0 Å². The average Bonchev–Trinajstić information content (AvgIpc) is 2.51. The van der Waals surface area contributed by atoms with Crippen LogP contribution in [0.3, 0.4) is 0 Å². The highest BCUT2D eigenvalue weighted by molar-refractivity contribution is 8.74. The molecule has 0 bridgehead atoms. The summed E-state index contributed by atoms with van der Waals surface area (Å²) in [6.07, 6.45) is 13.6. The highest BCUT2D eigenvalue weighted by Gasteiger charge is 2.27. The van der Waals surface area contributed by atoms with Crippen LogP contribution < -0.4 is 0 Å². The predicted molar refractivity (Wildman–Crippen MR) is 107 cm³/mol. The van der Waals surface area contributed by atoms with Crippen LogP contribution in [0.4, 0.5) is 0 Å². The lowest BCUT2D eigenvalue weighted by Crippen LogP contribution is -2.27. The zero-order chi connectivity index (χ0) is 17.4.